The number of amides is 2. The Bertz CT molecular complexity index is 650. The Hall–Kier alpha value is -1.49. The minimum absolute atomic E-state index is 0.0632. The van der Waals surface area contributed by atoms with E-state index in [1.165, 1.54) is 28.5 Å². The van der Waals surface area contributed by atoms with Crippen molar-refractivity contribution in [1.82, 2.24) is 14.9 Å². The number of halogens is 2. The number of nitrogens with zero attached hydrogens (tertiary/aromatic N) is 3. The maximum atomic E-state index is 13.9. The van der Waals surface area contributed by atoms with E-state index in [2.05, 4.69) is 37.9 Å². The number of hydrogen-bond acceptors (Lipinski definition) is 5. The fourth-order valence-corrected chi connectivity index (χ4v) is 2.66. The van der Waals surface area contributed by atoms with E-state index in [-0.39, 0.29) is 18.0 Å². The molecule has 0 atom stereocenters. The number of pyridine rings is 1. The van der Waals surface area contributed by atoms with Crippen LogP contribution >= 0.6 is 33.9 Å². The maximum Gasteiger partial charge on any atom is 0.322 e. The summed E-state index contributed by atoms with van der Waals surface area (Å²) in [6.07, 6.45) is 1.29. The molecule has 0 aliphatic rings. The Morgan fingerprint density at radius 3 is 2.95 bits per heavy atom. The number of anilines is 1. The molecule has 2 rings (SSSR count). The average Bonchev–Trinajstić information content (AvgIpc) is 2.83. The van der Waals surface area contributed by atoms with Crippen molar-refractivity contribution in [2.75, 3.05) is 19.4 Å². The molecule has 9 heteroatoms. The zero-order valence-electron chi connectivity index (χ0n) is 11.3. The van der Waals surface area contributed by atoms with Crippen molar-refractivity contribution in [2.45, 2.75) is 6.61 Å². The molecule has 0 spiro atoms. The van der Waals surface area contributed by atoms with Gasteiger partial charge in [-0.25, -0.2) is 14.2 Å². The Balaban J connectivity index is 2.15. The fourth-order valence-electron chi connectivity index (χ4n) is 1.37. The Labute approximate surface area is 138 Å². The lowest BCUT2D eigenvalue weighted by Crippen LogP contribution is -2.28. The van der Waals surface area contributed by atoms with E-state index in [0.29, 0.717) is 5.19 Å². The number of ether oxygens (including phenoxy) is 1. The molecule has 2 heterocycles. The monoisotopic (exact) mass is 422 g/mol. The molecular formula is C12H12FIN4O2S. The smallest absolute Gasteiger partial charge is 0.322 e. The largest absolute Gasteiger partial charge is 0.465 e. The topological polar surface area (TPSA) is 67.4 Å². The summed E-state index contributed by atoms with van der Waals surface area (Å²) in [6.45, 7) is -0.0632. The molecular weight excluding hydrogens is 410 g/mol. The van der Waals surface area contributed by atoms with Crippen LogP contribution in [0.15, 0.2) is 17.6 Å². The highest BCUT2D eigenvalue weighted by molar-refractivity contribution is 14.1. The summed E-state index contributed by atoms with van der Waals surface area (Å²) in [7, 11) is 3.17. The molecule has 0 saturated carbocycles. The third kappa shape index (κ3) is 4.24. The number of hydrogen-bond donors (Lipinski definition) is 1. The van der Waals surface area contributed by atoms with Gasteiger partial charge < -0.3 is 9.64 Å². The van der Waals surface area contributed by atoms with Crippen molar-refractivity contribution in [3.05, 3.63) is 32.7 Å². The molecule has 0 fully saturated rings. The zero-order valence-corrected chi connectivity index (χ0v) is 14.2. The van der Waals surface area contributed by atoms with Crippen molar-refractivity contribution in [1.29, 1.82) is 0 Å². The van der Waals surface area contributed by atoms with Gasteiger partial charge in [-0.2, -0.15) is 4.98 Å². The molecule has 0 aromatic carbocycles. The van der Waals surface area contributed by atoms with Crippen molar-refractivity contribution < 1.29 is 13.9 Å². The number of rotatable bonds is 4. The van der Waals surface area contributed by atoms with Crippen LogP contribution in [0, 0.1) is 9.52 Å². The van der Waals surface area contributed by atoms with Crippen molar-refractivity contribution in [2.24, 2.45) is 0 Å². The third-order valence-electron chi connectivity index (χ3n) is 2.43. The summed E-state index contributed by atoms with van der Waals surface area (Å²) in [5.41, 5.74) is 0.179. The van der Waals surface area contributed by atoms with Gasteiger partial charge in [0.05, 0.1) is 5.56 Å². The first kappa shape index (κ1) is 15.9. The lowest BCUT2D eigenvalue weighted by atomic mass is 10.2. The van der Waals surface area contributed by atoms with E-state index in [1.54, 1.807) is 14.1 Å². The maximum absolute atomic E-state index is 13.9. The second kappa shape index (κ2) is 6.98. The van der Waals surface area contributed by atoms with E-state index in [4.69, 9.17) is 4.74 Å². The van der Waals surface area contributed by atoms with Gasteiger partial charge in [0.15, 0.2) is 0 Å². The van der Waals surface area contributed by atoms with Gasteiger partial charge in [0.1, 0.15) is 21.9 Å². The van der Waals surface area contributed by atoms with Gasteiger partial charge >= 0.3 is 6.03 Å². The Morgan fingerprint density at radius 2 is 2.33 bits per heavy atom. The summed E-state index contributed by atoms with van der Waals surface area (Å²) in [5, 5.41) is 4.79. The van der Waals surface area contributed by atoms with Gasteiger partial charge in [0.25, 0.3) is 5.19 Å². The van der Waals surface area contributed by atoms with E-state index in [1.807, 2.05) is 5.38 Å². The second-order valence-electron chi connectivity index (χ2n) is 4.17. The normalized spacial score (nSPS) is 10.3. The zero-order chi connectivity index (χ0) is 15.4. The highest BCUT2D eigenvalue weighted by Gasteiger charge is 2.15. The van der Waals surface area contributed by atoms with E-state index < -0.39 is 11.8 Å². The molecule has 2 amide bonds. The quantitative estimate of drug-likeness (QED) is 0.770. The predicted molar refractivity (Wildman–Crippen MR) is 86.1 cm³/mol. The average molecular weight is 422 g/mol. The van der Waals surface area contributed by atoms with Crippen molar-refractivity contribution in [3.8, 4) is 5.19 Å². The first-order chi connectivity index (χ1) is 9.97. The number of urea groups is 1. The lowest BCUT2D eigenvalue weighted by molar-refractivity contribution is 0.230. The van der Waals surface area contributed by atoms with Crippen LogP contribution in [0.3, 0.4) is 0 Å². The van der Waals surface area contributed by atoms with Crippen LogP contribution in [-0.2, 0) is 6.61 Å². The summed E-state index contributed by atoms with van der Waals surface area (Å²) < 4.78 is 20.1. The summed E-state index contributed by atoms with van der Waals surface area (Å²) >= 11 is 3.38. The number of carbonyl (C=O) groups excluding carboxylic acids is 1. The van der Waals surface area contributed by atoms with E-state index in [0.717, 1.165) is 3.70 Å². The number of aromatic nitrogens is 2. The molecule has 0 aliphatic heterocycles. The summed E-state index contributed by atoms with van der Waals surface area (Å²) in [6, 6.07) is 0.827. The van der Waals surface area contributed by atoms with Crippen LogP contribution in [-0.4, -0.2) is 35.0 Å². The van der Waals surface area contributed by atoms with Crippen LogP contribution in [0.25, 0.3) is 0 Å². The standard InChI is InChI=1S/C12H12FIN4O2S/c1-18(2)11(19)17-10-7(8(13)3-4-15-10)5-20-12-16-9(14)6-21-12/h3-4,6H,5H2,1-2H3,(H,15,17,19). The fraction of sp³-hybridized carbons (Fsp3) is 0.250. The van der Waals surface area contributed by atoms with Gasteiger partial charge in [0.2, 0.25) is 0 Å². The van der Waals surface area contributed by atoms with Crippen LogP contribution in [0.2, 0.25) is 0 Å². The summed E-state index contributed by atoms with van der Waals surface area (Å²) in [5.74, 6) is -0.356. The van der Waals surface area contributed by atoms with E-state index >= 15 is 0 Å². The minimum atomic E-state index is -0.495. The van der Waals surface area contributed by atoms with Gasteiger partial charge in [-0.3, -0.25) is 5.32 Å². The molecule has 6 nitrogen and oxygen atoms in total. The molecule has 21 heavy (non-hydrogen) atoms. The van der Waals surface area contributed by atoms with Crippen LogP contribution in [0.1, 0.15) is 5.56 Å². The third-order valence-corrected chi connectivity index (χ3v) is 4.15. The first-order valence-corrected chi connectivity index (χ1v) is 7.78. The number of nitrogens with one attached hydrogen (secondary N) is 1. The van der Waals surface area contributed by atoms with Crippen molar-refractivity contribution in [3.63, 3.8) is 0 Å². The molecule has 0 saturated heterocycles. The van der Waals surface area contributed by atoms with Crippen LogP contribution < -0.4 is 10.1 Å². The SMILES string of the molecule is CN(C)C(=O)Nc1nccc(F)c1COc1nc(I)cs1. The van der Waals surface area contributed by atoms with Crippen LogP contribution in [0.5, 0.6) is 5.19 Å². The molecule has 0 bridgehead atoms. The molecule has 0 radical (unpaired) electrons. The Morgan fingerprint density at radius 1 is 1.57 bits per heavy atom. The highest BCUT2D eigenvalue weighted by atomic mass is 127. The molecule has 2 aromatic heterocycles. The molecule has 0 unspecified atom stereocenters. The molecule has 1 N–H and O–H groups in total. The van der Waals surface area contributed by atoms with Gasteiger partial charge in [-0.1, -0.05) is 11.3 Å². The number of carbonyl (C=O) groups is 1. The van der Waals surface area contributed by atoms with Gasteiger partial charge in [-0.15, -0.1) is 0 Å². The van der Waals surface area contributed by atoms with E-state index in [9.17, 15) is 9.18 Å². The molecule has 0 aliphatic carbocycles. The molecule has 112 valence electrons. The second-order valence-corrected chi connectivity index (χ2v) is 6.10. The van der Waals surface area contributed by atoms with Crippen LogP contribution in [0.4, 0.5) is 15.0 Å². The number of thiazole rings is 1. The first-order valence-electron chi connectivity index (χ1n) is 5.83. The van der Waals surface area contributed by atoms with Crippen molar-refractivity contribution >= 4 is 45.8 Å². The lowest BCUT2D eigenvalue weighted by Gasteiger charge is -2.14. The summed E-state index contributed by atoms with van der Waals surface area (Å²) in [4.78, 5) is 21.1. The predicted octanol–water partition coefficient (Wildman–Crippen LogP) is 2.95. The molecule has 2 aromatic rings. The Kier molecular flexibility index (Phi) is 5.28. The van der Waals surface area contributed by atoms with Gasteiger partial charge in [-0.05, 0) is 28.7 Å². The highest BCUT2D eigenvalue weighted by Crippen LogP contribution is 2.23. The minimum Gasteiger partial charge on any atom is -0.465 e. The van der Waals surface area contributed by atoms with Gasteiger partial charge in [0, 0.05) is 25.7 Å².